The molecule has 0 spiro atoms. The number of hydrogen-bond donors (Lipinski definition) is 1. The lowest BCUT2D eigenvalue weighted by atomic mass is 10.0. The summed E-state index contributed by atoms with van der Waals surface area (Å²) in [4.78, 5) is 26.9. The normalized spacial score (nSPS) is 15.8. The minimum Gasteiger partial charge on any atom is -0.421 e. The lowest BCUT2D eigenvalue weighted by molar-refractivity contribution is -0.124. The van der Waals surface area contributed by atoms with Crippen LogP contribution in [0.1, 0.15) is 29.9 Å². The van der Waals surface area contributed by atoms with E-state index in [4.69, 9.17) is 4.42 Å². The molecule has 140 valence electrons. The van der Waals surface area contributed by atoms with Crippen LogP contribution in [0, 0.1) is 6.92 Å². The largest absolute Gasteiger partial charge is 0.421 e. The molecule has 28 heavy (non-hydrogen) atoms. The molecule has 1 aliphatic carbocycles. The van der Waals surface area contributed by atoms with Crippen molar-refractivity contribution < 1.29 is 14.0 Å². The van der Waals surface area contributed by atoms with Crippen molar-refractivity contribution in [3.05, 3.63) is 53.4 Å². The number of hydrogen-bond acceptors (Lipinski definition) is 5. The number of nitrogens with zero attached hydrogens (tertiary/aromatic N) is 3. The summed E-state index contributed by atoms with van der Waals surface area (Å²) in [6, 6.07) is 11.3. The van der Waals surface area contributed by atoms with Gasteiger partial charge in [0.25, 0.3) is 0 Å². The second kappa shape index (κ2) is 6.30. The molecule has 2 amide bonds. The van der Waals surface area contributed by atoms with Gasteiger partial charge in [0.15, 0.2) is 0 Å². The SMILES string of the molecule is Cc1nnc(-c2cccc(N3C(=O)CC(=O)Nc4c3ccc3c4CCC3)c2)o1. The Morgan fingerprint density at radius 2 is 2.00 bits per heavy atom. The summed E-state index contributed by atoms with van der Waals surface area (Å²) >= 11 is 0. The molecule has 2 aliphatic rings. The molecule has 1 aromatic heterocycles. The Labute approximate surface area is 161 Å². The molecule has 0 saturated heterocycles. The second-order valence-corrected chi connectivity index (χ2v) is 7.08. The number of benzene rings is 2. The van der Waals surface area contributed by atoms with Gasteiger partial charge in [-0.3, -0.25) is 14.5 Å². The van der Waals surface area contributed by atoms with Gasteiger partial charge in [-0.2, -0.15) is 0 Å². The van der Waals surface area contributed by atoms with Crippen LogP contribution in [-0.4, -0.2) is 22.0 Å². The van der Waals surface area contributed by atoms with Crippen LogP contribution in [0.25, 0.3) is 11.5 Å². The number of carbonyl (C=O) groups excluding carboxylic acids is 2. The van der Waals surface area contributed by atoms with E-state index in [2.05, 4.69) is 21.6 Å². The smallest absolute Gasteiger partial charge is 0.247 e. The van der Waals surface area contributed by atoms with E-state index in [0.29, 0.717) is 23.2 Å². The summed E-state index contributed by atoms with van der Waals surface area (Å²) < 4.78 is 5.52. The van der Waals surface area contributed by atoms with Crippen LogP contribution >= 0.6 is 0 Å². The van der Waals surface area contributed by atoms with Gasteiger partial charge in [-0.15, -0.1) is 10.2 Å². The Morgan fingerprint density at radius 3 is 2.82 bits per heavy atom. The van der Waals surface area contributed by atoms with Crippen molar-refractivity contribution in [1.82, 2.24) is 10.2 Å². The number of aromatic nitrogens is 2. The molecule has 0 atom stereocenters. The number of carbonyl (C=O) groups is 2. The standard InChI is InChI=1S/C21H18N4O3/c1-12-23-24-21(28-12)14-5-2-6-15(10-14)25-17-9-8-13-4-3-7-16(13)20(17)22-18(26)11-19(25)27/h2,5-6,8-10H,3-4,7,11H2,1H3,(H,22,26). The van der Waals surface area contributed by atoms with E-state index in [1.54, 1.807) is 11.8 Å². The van der Waals surface area contributed by atoms with Crippen molar-refractivity contribution in [2.24, 2.45) is 0 Å². The van der Waals surface area contributed by atoms with Crippen LogP contribution in [0.5, 0.6) is 0 Å². The Hall–Kier alpha value is -3.48. The van der Waals surface area contributed by atoms with Gasteiger partial charge in [-0.05, 0) is 54.7 Å². The van der Waals surface area contributed by atoms with Gasteiger partial charge in [0.1, 0.15) is 6.42 Å². The fourth-order valence-corrected chi connectivity index (χ4v) is 3.99. The molecule has 0 saturated carbocycles. The van der Waals surface area contributed by atoms with Crippen LogP contribution in [0.15, 0.2) is 40.8 Å². The van der Waals surface area contributed by atoms with E-state index in [-0.39, 0.29) is 18.2 Å². The summed E-state index contributed by atoms with van der Waals surface area (Å²) in [5, 5.41) is 10.9. The average molecular weight is 374 g/mol. The van der Waals surface area contributed by atoms with Crippen LogP contribution < -0.4 is 10.2 Å². The average Bonchev–Trinajstić information content (AvgIpc) is 3.30. The van der Waals surface area contributed by atoms with E-state index in [1.165, 1.54) is 5.56 Å². The van der Waals surface area contributed by atoms with Crippen molar-refractivity contribution in [3.63, 3.8) is 0 Å². The highest BCUT2D eigenvalue weighted by molar-refractivity contribution is 6.17. The predicted octanol–water partition coefficient (Wildman–Crippen LogP) is 3.54. The molecule has 1 N–H and O–H groups in total. The number of nitrogens with one attached hydrogen (secondary N) is 1. The Balaban J connectivity index is 1.66. The first-order chi connectivity index (χ1) is 13.6. The molecule has 2 heterocycles. The zero-order valence-corrected chi connectivity index (χ0v) is 15.4. The van der Waals surface area contributed by atoms with Crippen molar-refractivity contribution in [3.8, 4) is 11.5 Å². The molecular formula is C21H18N4O3. The fraction of sp³-hybridized carbons (Fsp3) is 0.238. The Bertz CT molecular complexity index is 1120. The first kappa shape index (κ1) is 16.7. The number of anilines is 3. The molecule has 7 nitrogen and oxygen atoms in total. The molecule has 0 unspecified atom stereocenters. The molecule has 3 aromatic rings. The van der Waals surface area contributed by atoms with Crippen LogP contribution in [-0.2, 0) is 22.4 Å². The molecule has 7 heteroatoms. The molecule has 2 aromatic carbocycles. The summed E-state index contributed by atoms with van der Waals surface area (Å²) in [5.41, 5.74) is 5.21. The maximum atomic E-state index is 13.0. The van der Waals surface area contributed by atoms with Crippen LogP contribution in [0.2, 0.25) is 0 Å². The highest BCUT2D eigenvalue weighted by atomic mass is 16.4. The van der Waals surface area contributed by atoms with Gasteiger partial charge in [-0.25, -0.2) is 0 Å². The highest BCUT2D eigenvalue weighted by Gasteiger charge is 2.31. The van der Waals surface area contributed by atoms with Crippen molar-refractivity contribution in [2.45, 2.75) is 32.6 Å². The summed E-state index contributed by atoms with van der Waals surface area (Å²) in [5.74, 6) is 0.317. The van der Waals surface area contributed by atoms with Gasteiger partial charge >= 0.3 is 0 Å². The molecule has 5 rings (SSSR count). The third kappa shape index (κ3) is 2.67. The third-order valence-corrected chi connectivity index (χ3v) is 5.20. The van der Waals surface area contributed by atoms with Gasteiger partial charge in [-0.1, -0.05) is 12.1 Å². The van der Waals surface area contributed by atoms with E-state index < -0.39 is 0 Å². The lowest BCUT2D eigenvalue weighted by Gasteiger charge is -2.24. The summed E-state index contributed by atoms with van der Waals surface area (Å²) in [7, 11) is 0. The van der Waals surface area contributed by atoms with Crippen LogP contribution in [0.4, 0.5) is 17.1 Å². The van der Waals surface area contributed by atoms with E-state index in [9.17, 15) is 9.59 Å². The Morgan fingerprint density at radius 1 is 1.11 bits per heavy atom. The van der Waals surface area contributed by atoms with E-state index >= 15 is 0 Å². The highest BCUT2D eigenvalue weighted by Crippen LogP contribution is 2.42. The second-order valence-electron chi connectivity index (χ2n) is 7.08. The molecule has 1 aliphatic heterocycles. The van der Waals surface area contributed by atoms with Gasteiger partial charge in [0.05, 0.1) is 11.4 Å². The number of amides is 2. The van der Waals surface area contributed by atoms with Crippen molar-refractivity contribution in [1.29, 1.82) is 0 Å². The third-order valence-electron chi connectivity index (χ3n) is 5.20. The summed E-state index contributed by atoms with van der Waals surface area (Å²) in [6.07, 6.45) is 2.76. The predicted molar refractivity (Wildman–Crippen MR) is 103 cm³/mol. The molecule has 0 fully saturated rings. The van der Waals surface area contributed by atoms with Crippen LogP contribution in [0.3, 0.4) is 0 Å². The van der Waals surface area contributed by atoms with Crippen molar-refractivity contribution >= 4 is 28.9 Å². The molecule has 0 bridgehead atoms. The minimum absolute atomic E-state index is 0.201. The zero-order valence-electron chi connectivity index (χ0n) is 15.4. The topological polar surface area (TPSA) is 88.3 Å². The maximum Gasteiger partial charge on any atom is 0.247 e. The Kier molecular flexibility index (Phi) is 3.75. The first-order valence-corrected chi connectivity index (χ1v) is 9.28. The zero-order chi connectivity index (χ0) is 19.3. The van der Waals surface area contributed by atoms with E-state index in [1.807, 2.05) is 30.3 Å². The van der Waals surface area contributed by atoms with Gasteiger partial charge < -0.3 is 9.73 Å². The fourth-order valence-electron chi connectivity index (χ4n) is 3.99. The number of fused-ring (bicyclic) bond motifs is 3. The maximum absolute atomic E-state index is 13.0. The van der Waals surface area contributed by atoms with Gasteiger partial charge in [0, 0.05) is 18.2 Å². The number of rotatable bonds is 2. The van der Waals surface area contributed by atoms with Gasteiger partial charge in [0.2, 0.25) is 23.6 Å². The summed E-state index contributed by atoms with van der Waals surface area (Å²) in [6.45, 7) is 1.73. The van der Waals surface area contributed by atoms with Crippen molar-refractivity contribution in [2.75, 3.05) is 10.2 Å². The lowest BCUT2D eigenvalue weighted by Crippen LogP contribution is -2.26. The minimum atomic E-state index is -0.280. The quantitative estimate of drug-likeness (QED) is 0.693. The van der Waals surface area contributed by atoms with E-state index in [0.717, 1.165) is 36.1 Å². The number of aryl methyl sites for hydroxylation is 2. The molecule has 0 radical (unpaired) electrons. The first-order valence-electron chi connectivity index (χ1n) is 9.28. The molecular weight excluding hydrogens is 356 g/mol. The monoisotopic (exact) mass is 374 g/mol.